The van der Waals surface area contributed by atoms with E-state index >= 15 is 0 Å². The van der Waals surface area contributed by atoms with E-state index in [9.17, 15) is 10.5 Å². The highest BCUT2D eigenvalue weighted by atomic mass is 32.2. The van der Waals surface area contributed by atoms with Gasteiger partial charge in [0.05, 0.1) is 39.3 Å². The predicted molar refractivity (Wildman–Crippen MR) is 101 cm³/mol. The van der Waals surface area contributed by atoms with Gasteiger partial charge in [-0.1, -0.05) is 54.2 Å². The zero-order chi connectivity index (χ0) is 18.5. The van der Waals surface area contributed by atoms with Crippen molar-refractivity contribution in [1.82, 2.24) is 0 Å². The molecule has 2 aromatic rings. The molecule has 5 nitrogen and oxygen atoms in total. The maximum atomic E-state index is 9.46. The molecule has 4 N–H and O–H groups in total. The van der Waals surface area contributed by atoms with Crippen molar-refractivity contribution in [2.75, 3.05) is 0 Å². The fraction of sp³-hybridized carbons (Fsp3) is 0.100. The predicted octanol–water partition coefficient (Wildman–Crippen LogP) is 3.48. The number of nitrogens with zero attached hydrogens (tertiary/aromatic N) is 2. The van der Waals surface area contributed by atoms with E-state index < -0.39 is 5.92 Å². The number of rotatable bonds is 4. The highest BCUT2D eigenvalue weighted by Crippen LogP contribution is 2.42. The van der Waals surface area contributed by atoms with Crippen molar-refractivity contribution in [3.05, 3.63) is 86.9 Å². The zero-order valence-electron chi connectivity index (χ0n) is 13.8. The molecule has 0 radical (unpaired) electrons. The Balaban J connectivity index is 1.84. The number of hydrogen-bond acceptors (Lipinski definition) is 6. The van der Waals surface area contributed by atoms with Crippen LogP contribution in [0.2, 0.25) is 0 Å². The minimum atomic E-state index is -0.547. The van der Waals surface area contributed by atoms with Crippen molar-refractivity contribution in [2.45, 2.75) is 12.5 Å². The zero-order valence-corrected chi connectivity index (χ0v) is 14.7. The molecule has 0 atom stereocenters. The van der Waals surface area contributed by atoms with E-state index in [0.29, 0.717) is 33.6 Å². The van der Waals surface area contributed by atoms with Crippen LogP contribution in [0.1, 0.15) is 17.0 Å². The average Bonchev–Trinajstić information content (AvgIpc) is 2.67. The summed E-state index contributed by atoms with van der Waals surface area (Å²) in [5.41, 5.74) is 14.4. The van der Waals surface area contributed by atoms with Crippen LogP contribution in [0.5, 0.6) is 5.75 Å². The Hall–Kier alpha value is -3.35. The summed E-state index contributed by atoms with van der Waals surface area (Å²) in [6, 6.07) is 21.4. The molecule has 26 heavy (non-hydrogen) atoms. The first kappa shape index (κ1) is 17.5. The lowest BCUT2D eigenvalue weighted by molar-refractivity contribution is 0.306. The molecule has 6 heteroatoms. The fourth-order valence-corrected chi connectivity index (χ4v) is 3.51. The van der Waals surface area contributed by atoms with Crippen molar-refractivity contribution >= 4 is 11.8 Å². The van der Waals surface area contributed by atoms with E-state index in [1.807, 2.05) is 54.6 Å². The minimum Gasteiger partial charge on any atom is -0.489 e. The first-order valence-electron chi connectivity index (χ1n) is 7.88. The van der Waals surface area contributed by atoms with E-state index in [1.165, 1.54) is 0 Å². The Kier molecular flexibility index (Phi) is 5.17. The molecule has 1 aliphatic rings. The van der Waals surface area contributed by atoms with Crippen LogP contribution in [0.15, 0.2) is 75.8 Å². The highest BCUT2D eigenvalue weighted by Gasteiger charge is 2.31. The highest BCUT2D eigenvalue weighted by molar-refractivity contribution is 8.06. The molecule has 0 fully saturated rings. The maximum Gasteiger partial charge on any atom is 0.119 e. The molecule has 128 valence electrons. The van der Waals surface area contributed by atoms with Crippen molar-refractivity contribution in [3.63, 3.8) is 0 Å². The number of ether oxygens (including phenoxy) is 1. The van der Waals surface area contributed by atoms with Crippen LogP contribution in [-0.4, -0.2) is 0 Å². The van der Waals surface area contributed by atoms with Crippen molar-refractivity contribution in [1.29, 1.82) is 10.5 Å². The number of benzene rings is 2. The lowest BCUT2D eigenvalue weighted by Gasteiger charge is -2.23. The molecule has 0 saturated heterocycles. The lowest BCUT2D eigenvalue weighted by Crippen LogP contribution is -2.18. The van der Waals surface area contributed by atoms with E-state index in [-0.39, 0.29) is 0 Å². The van der Waals surface area contributed by atoms with Gasteiger partial charge in [-0.2, -0.15) is 10.5 Å². The topological polar surface area (TPSA) is 109 Å². The normalized spacial score (nSPS) is 14.7. The van der Waals surface area contributed by atoms with Gasteiger partial charge in [0.2, 0.25) is 0 Å². The van der Waals surface area contributed by atoms with E-state index in [4.69, 9.17) is 16.2 Å². The third-order valence-corrected chi connectivity index (χ3v) is 4.91. The summed E-state index contributed by atoms with van der Waals surface area (Å²) in [6.45, 7) is 0.465. The Labute approximate surface area is 156 Å². The van der Waals surface area contributed by atoms with Crippen LogP contribution in [0.4, 0.5) is 0 Å². The maximum absolute atomic E-state index is 9.46. The number of allylic oxidation sites excluding steroid dienone is 2. The second kappa shape index (κ2) is 7.69. The first-order valence-corrected chi connectivity index (χ1v) is 8.69. The monoisotopic (exact) mass is 360 g/mol. The molecule has 0 saturated carbocycles. The molecule has 0 spiro atoms. The number of nitriles is 2. The van der Waals surface area contributed by atoms with Crippen LogP contribution in [0.25, 0.3) is 0 Å². The number of thioether (sulfide) groups is 1. The van der Waals surface area contributed by atoms with Gasteiger partial charge < -0.3 is 16.2 Å². The van der Waals surface area contributed by atoms with Crippen molar-refractivity contribution < 1.29 is 4.74 Å². The second-order valence-electron chi connectivity index (χ2n) is 5.66. The summed E-state index contributed by atoms with van der Waals surface area (Å²) in [7, 11) is 0. The summed E-state index contributed by atoms with van der Waals surface area (Å²) in [5, 5.41) is 19.6. The SMILES string of the molecule is N#CC1=C(N)SC(N)=C(C#N)C1c1ccc(OCc2ccccc2)cc1. The van der Waals surface area contributed by atoms with E-state index in [0.717, 1.165) is 22.9 Å². The standard InChI is InChI=1S/C20H16N4OS/c21-10-16-18(17(11-22)20(24)26-19(16)23)14-6-8-15(9-7-14)25-12-13-4-2-1-3-5-13/h1-9,18H,12,23-24H2. The molecule has 0 unspecified atom stereocenters. The van der Waals surface area contributed by atoms with Gasteiger partial charge in [0.1, 0.15) is 12.4 Å². The molecule has 1 heterocycles. The van der Waals surface area contributed by atoms with Crippen molar-refractivity contribution in [3.8, 4) is 17.9 Å². The van der Waals surface area contributed by atoms with Gasteiger partial charge in [-0.25, -0.2) is 0 Å². The molecule has 0 amide bonds. The average molecular weight is 360 g/mol. The molecular weight excluding hydrogens is 344 g/mol. The minimum absolute atomic E-state index is 0.332. The molecule has 0 bridgehead atoms. The molecule has 2 aromatic carbocycles. The van der Waals surface area contributed by atoms with Gasteiger partial charge in [0.25, 0.3) is 0 Å². The van der Waals surface area contributed by atoms with Gasteiger partial charge >= 0.3 is 0 Å². The third kappa shape index (κ3) is 3.51. The van der Waals surface area contributed by atoms with Gasteiger partial charge in [0.15, 0.2) is 0 Å². The van der Waals surface area contributed by atoms with Crippen LogP contribution < -0.4 is 16.2 Å². The Bertz CT molecular complexity index is 914. The fourth-order valence-electron chi connectivity index (χ4n) is 2.73. The van der Waals surface area contributed by atoms with Gasteiger partial charge in [0, 0.05) is 0 Å². The quantitative estimate of drug-likeness (QED) is 0.864. The molecular formula is C20H16N4OS. The van der Waals surface area contributed by atoms with Crippen LogP contribution in [0, 0.1) is 22.7 Å². The lowest BCUT2D eigenvalue weighted by atomic mass is 9.86. The largest absolute Gasteiger partial charge is 0.489 e. The summed E-state index contributed by atoms with van der Waals surface area (Å²) in [5.74, 6) is 0.156. The van der Waals surface area contributed by atoms with Gasteiger partial charge in [-0.3, -0.25) is 0 Å². The summed E-state index contributed by atoms with van der Waals surface area (Å²) >= 11 is 1.06. The number of nitrogens with two attached hydrogens (primary N) is 2. The summed E-state index contributed by atoms with van der Waals surface area (Å²) in [6.07, 6.45) is 0. The smallest absolute Gasteiger partial charge is 0.119 e. The molecule has 3 rings (SSSR count). The van der Waals surface area contributed by atoms with E-state index in [2.05, 4.69) is 12.1 Å². The Morgan fingerprint density at radius 3 is 2.00 bits per heavy atom. The third-order valence-electron chi connectivity index (χ3n) is 4.03. The van der Waals surface area contributed by atoms with Crippen molar-refractivity contribution in [2.24, 2.45) is 11.5 Å². The Morgan fingerprint density at radius 1 is 0.885 bits per heavy atom. The first-order chi connectivity index (χ1) is 12.6. The van der Waals surface area contributed by atoms with Gasteiger partial charge in [-0.05, 0) is 23.3 Å². The van der Waals surface area contributed by atoms with E-state index in [1.54, 1.807) is 0 Å². The van der Waals surface area contributed by atoms with Gasteiger partial charge in [-0.15, -0.1) is 0 Å². The van der Waals surface area contributed by atoms with Crippen LogP contribution in [0.3, 0.4) is 0 Å². The molecule has 0 aliphatic carbocycles. The summed E-state index contributed by atoms with van der Waals surface area (Å²) in [4.78, 5) is 0. The summed E-state index contributed by atoms with van der Waals surface area (Å²) < 4.78 is 5.78. The molecule has 1 aliphatic heterocycles. The second-order valence-corrected chi connectivity index (χ2v) is 6.74. The molecule has 0 aromatic heterocycles. The number of hydrogen-bond donors (Lipinski definition) is 2. The van der Waals surface area contributed by atoms with Crippen LogP contribution >= 0.6 is 11.8 Å². The van der Waals surface area contributed by atoms with Crippen LogP contribution in [-0.2, 0) is 6.61 Å². The Morgan fingerprint density at radius 2 is 1.46 bits per heavy atom.